The van der Waals surface area contributed by atoms with E-state index >= 15 is 0 Å². The normalized spacial score (nSPS) is 10.8. The summed E-state index contributed by atoms with van der Waals surface area (Å²) in [6.45, 7) is 0.475. The van der Waals surface area contributed by atoms with Gasteiger partial charge in [-0.1, -0.05) is 6.07 Å². The van der Waals surface area contributed by atoms with Crippen LogP contribution < -0.4 is 5.32 Å². The van der Waals surface area contributed by atoms with Crippen molar-refractivity contribution < 1.29 is 15.0 Å². The summed E-state index contributed by atoms with van der Waals surface area (Å²) >= 11 is 0. The highest BCUT2D eigenvalue weighted by atomic mass is 16.3. The monoisotopic (exact) mass is 310 g/mol. The van der Waals surface area contributed by atoms with E-state index in [1.165, 1.54) is 12.1 Å². The maximum atomic E-state index is 12.0. The van der Waals surface area contributed by atoms with Crippen molar-refractivity contribution >= 4 is 16.8 Å². The Hall–Kier alpha value is -2.95. The molecule has 0 saturated carbocycles. The molecule has 118 valence electrons. The van der Waals surface area contributed by atoms with Gasteiger partial charge in [0.15, 0.2) is 0 Å². The highest BCUT2D eigenvalue weighted by Gasteiger charge is 2.09. The van der Waals surface area contributed by atoms with Crippen molar-refractivity contribution in [3.05, 3.63) is 59.8 Å². The fraction of sp³-hybridized carbons (Fsp3) is 0.167. The van der Waals surface area contributed by atoms with Crippen molar-refractivity contribution in [2.24, 2.45) is 7.05 Å². The number of benzene rings is 2. The molecule has 3 rings (SSSR count). The van der Waals surface area contributed by atoms with Crippen LogP contribution in [0, 0.1) is 0 Å². The Kier molecular flexibility index (Phi) is 3.93. The van der Waals surface area contributed by atoms with Gasteiger partial charge in [-0.25, -0.2) is 0 Å². The van der Waals surface area contributed by atoms with Crippen molar-refractivity contribution in [1.29, 1.82) is 0 Å². The van der Waals surface area contributed by atoms with Gasteiger partial charge < -0.3 is 20.1 Å². The van der Waals surface area contributed by atoms with Gasteiger partial charge in [-0.15, -0.1) is 0 Å². The van der Waals surface area contributed by atoms with Crippen LogP contribution in [0.25, 0.3) is 10.9 Å². The summed E-state index contributed by atoms with van der Waals surface area (Å²) in [6.07, 6.45) is 2.66. The second-order valence-electron chi connectivity index (χ2n) is 5.52. The van der Waals surface area contributed by atoms with E-state index in [0.29, 0.717) is 18.5 Å². The Labute approximate surface area is 133 Å². The molecule has 23 heavy (non-hydrogen) atoms. The van der Waals surface area contributed by atoms with Crippen molar-refractivity contribution in [3.63, 3.8) is 0 Å². The van der Waals surface area contributed by atoms with Gasteiger partial charge >= 0.3 is 0 Å². The van der Waals surface area contributed by atoms with Crippen molar-refractivity contribution in [3.8, 4) is 11.5 Å². The van der Waals surface area contributed by atoms with E-state index in [0.717, 1.165) is 16.5 Å². The third-order valence-electron chi connectivity index (χ3n) is 3.84. The minimum absolute atomic E-state index is 0.0715. The number of carbonyl (C=O) groups is 1. The summed E-state index contributed by atoms with van der Waals surface area (Å²) in [7, 11) is 1.95. The predicted octanol–water partition coefficient (Wildman–Crippen LogP) is 2.56. The number of fused-ring (bicyclic) bond motifs is 1. The fourth-order valence-corrected chi connectivity index (χ4v) is 2.72. The van der Waals surface area contributed by atoms with Gasteiger partial charge in [0, 0.05) is 36.3 Å². The van der Waals surface area contributed by atoms with Crippen LogP contribution in [0.4, 0.5) is 0 Å². The summed E-state index contributed by atoms with van der Waals surface area (Å²) in [4.78, 5) is 12.0. The maximum Gasteiger partial charge on any atom is 0.251 e. The zero-order valence-electron chi connectivity index (χ0n) is 12.8. The molecule has 0 aliphatic heterocycles. The molecule has 0 saturated heterocycles. The topological polar surface area (TPSA) is 74.5 Å². The summed E-state index contributed by atoms with van der Waals surface area (Å²) in [6, 6.07) is 11.5. The predicted molar refractivity (Wildman–Crippen MR) is 88.7 cm³/mol. The lowest BCUT2D eigenvalue weighted by Crippen LogP contribution is -2.25. The minimum atomic E-state index is -0.219. The third kappa shape index (κ3) is 3.13. The zero-order chi connectivity index (χ0) is 16.4. The quantitative estimate of drug-likeness (QED) is 0.693. The molecule has 0 fully saturated rings. The highest BCUT2D eigenvalue weighted by molar-refractivity contribution is 5.94. The fourth-order valence-electron chi connectivity index (χ4n) is 2.72. The molecule has 2 aromatic carbocycles. The summed E-state index contributed by atoms with van der Waals surface area (Å²) in [5.41, 5.74) is 2.53. The number of carbonyl (C=O) groups excluding carboxylic acids is 1. The van der Waals surface area contributed by atoms with E-state index in [4.69, 9.17) is 0 Å². The lowest BCUT2D eigenvalue weighted by atomic mass is 10.1. The molecule has 0 atom stereocenters. The number of amides is 1. The number of phenolic OH excluding ortho intramolecular Hbond substituents is 2. The largest absolute Gasteiger partial charge is 0.508 e. The Bertz CT molecular complexity index is 868. The summed E-state index contributed by atoms with van der Waals surface area (Å²) < 4.78 is 2.00. The number of hydrogen-bond donors (Lipinski definition) is 3. The van der Waals surface area contributed by atoms with E-state index in [1.54, 1.807) is 24.3 Å². The van der Waals surface area contributed by atoms with E-state index in [2.05, 4.69) is 5.32 Å². The van der Waals surface area contributed by atoms with E-state index < -0.39 is 0 Å². The molecule has 5 nitrogen and oxygen atoms in total. The molecule has 1 amide bonds. The molecular formula is C18H18N2O3. The second kappa shape index (κ2) is 6.04. The van der Waals surface area contributed by atoms with Crippen LogP contribution in [0.2, 0.25) is 0 Å². The van der Waals surface area contributed by atoms with E-state index in [1.807, 2.05) is 23.9 Å². The number of hydrogen-bond acceptors (Lipinski definition) is 3. The molecule has 0 unspecified atom stereocenters. The molecule has 3 N–H and O–H groups in total. The van der Waals surface area contributed by atoms with Crippen LogP contribution in [0.3, 0.4) is 0 Å². The summed E-state index contributed by atoms with van der Waals surface area (Å²) in [5, 5.41) is 22.9. The molecule has 3 aromatic rings. The van der Waals surface area contributed by atoms with Crippen molar-refractivity contribution in [1.82, 2.24) is 9.88 Å². The van der Waals surface area contributed by atoms with Gasteiger partial charge in [0.05, 0.1) is 0 Å². The number of aryl methyl sites for hydroxylation is 1. The number of phenols is 2. The minimum Gasteiger partial charge on any atom is -0.508 e. The Morgan fingerprint density at radius 2 is 1.91 bits per heavy atom. The van der Waals surface area contributed by atoms with Gasteiger partial charge in [0.25, 0.3) is 5.91 Å². The van der Waals surface area contributed by atoms with Crippen LogP contribution in [0.5, 0.6) is 11.5 Å². The number of nitrogens with zero attached hydrogens (tertiary/aromatic N) is 1. The van der Waals surface area contributed by atoms with Crippen molar-refractivity contribution in [2.75, 3.05) is 6.54 Å². The SMILES string of the molecule is Cn1cc(CCNC(=O)c2cccc(O)c2)c2cc(O)ccc21. The van der Waals surface area contributed by atoms with E-state index in [9.17, 15) is 15.0 Å². The Morgan fingerprint density at radius 1 is 1.13 bits per heavy atom. The lowest BCUT2D eigenvalue weighted by Gasteiger charge is -2.05. The number of aromatic nitrogens is 1. The number of rotatable bonds is 4. The smallest absolute Gasteiger partial charge is 0.251 e. The molecule has 1 heterocycles. The highest BCUT2D eigenvalue weighted by Crippen LogP contribution is 2.25. The average molecular weight is 310 g/mol. The third-order valence-corrected chi connectivity index (χ3v) is 3.84. The molecule has 0 aliphatic rings. The standard InChI is InChI=1S/C18H18N2O3/c1-20-11-13(16-10-15(22)5-6-17(16)20)7-8-19-18(23)12-3-2-4-14(21)9-12/h2-6,9-11,21-22H,7-8H2,1H3,(H,19,23). The van der Waals surface area contributed by atoms with E-state index in [-0.39, 0.29) is 17.4 Å². The first-order chi connectivity index (χ1) is 11.0. The van der Waals surface area contributed by atoms with Crippen LogP contribution in [-0.4, -0.2) is 27.2 Å². The van der Waals surface area contributed by atoms with Crippen molar-refractivity contribution in [2.45, 2.75) is 6.42 Å². The Balaban J connectivity index is 1.69. The van der Waals surface area contributed by atoms with Crippen LogP contribution >= 0.6 is 0 Å². The zero-order valence-corrected chi connectivity index (χ0v) is 12.8. The Morgan fingerprint density at radius 3 is 2.70 bits per heavy atom. The molecular weight excluding hydrogens is 292 g/mol. The van der Waals surface area contributed by atoms with Gasteiger partial charge in [-0.2, -0.15) is 0 Å². The molecule has 0 spiro atoms. The van der Waals surface area contributed by atoms with Gasteiger partial charge in [0.2, 0.25) is 0 Å². The lowest BCUT2D eigenvalue weighted by molar-refractivity contribution is 0.0953. The van der Waals surface area contributed by atoms with Gasteiger partial charge in [-0.05, 0) is 48.4 Å². The molecule has 0 aliphatic carbocycles. The molecule has 0 radical (unpaired) electrons. The second-order valence-corrected chi connectivity index (χ2v) is 5.52. The number of nitrogens with one attached hydrogen (secondary N) is 1. The first kappa shape index (κ1) is 15.0. The van der Waals surface area contributed by atoms with Crippen LogP contribution in [0.15, 0.2) is 48.7 Å². The van der Waals surface area contributed by atoms with Gasteiger partial charge in [0.1, 0.15) is 11.5 Å². The van der Waals surface area contributed by atoms with Crippen LogP contribution in [-0.2, 0) is 13.5 Å². The molecule has 5 heteroatoms. The average Bonchev–Trinajstić information content (AvgIpc) is 2.83. The van der Waals surface area contributed by atoms with Crippen LogP contribution in [0.1, 0.15) is 15.9 Å². The maximum absolute atomic E-state index is 12.0. The first-order valence-corrected chi connectivity index (χ1v) is 7.39. The summed E-state index contributed by atoms with van der Waals surface area (Å²) in [5.74, 6) is 0.0832. The van der Waals surface area contributed by atoms with Gasteiger partial charge in [-0.3, -0.25) is 4.79 Å². The first-order valence-electron chi connectivity index (χ1n) is 7.39. The molecule has 0 bridgehead atoms. The number of aromatic hydroxyl groups is 2. The molecule has 1 aromatic heterocycles.